The molecule has 1 aliphatic heterocycles. The van der Waals surface area contributed by atoms with E-state index in [1.165, 1.54) is 18.2 Å². The number of piperidine rings is 1. The quantitative estimate of drug-likeness (QED) is 0.739. The lowest BCUT2D eigenvalue weighted by Crippen LogP contribution is -2.49. The van der Waals surface area contributed by atoms with E-state index in [0.717, 1.165) is 25.9 Å². The third-order valence-corrected chi connectivity index (χ3v) is 4.33. The molecule has 1 heterocycles. The van der Waals surface area contributed by atoms with Gasteiger partial charge < -0.3 is 15.4 Å². The zero-order valence-electron chi connectivity index (χ0n) is 11.8. The highest BCUT2D eigenvalue weighted by molar-refractivity contribution is 8.00. The van der Waals surface area contributed by atoms with Crippen molar-refractivity contribution in [3.63, 3.8) is 0 Å². The first-order valence-electron chi connectivity index (χ1n) is 6.79. The van der Waals surface area contributed by atoms with Gasteiger partial charge in [-0.05, 0) is 33.1 Å². The molecule has 0 aromatic rings. The Labute approximate surface area is 119 Å². The lowest BCUT2D eigenvalue weighted by Gasteiger charge is -2.27. The van der Waals surface area contributed by atoms with Crippen LogP contribution >= 0.6 is 11.8 Å². The smallest absolute Gasteiger partial charge is 0.326 e. The molecule has 0 spiro atoms. The van der Waals surface area contributed by atoms with E-state index in [4.69, 9.17) is 10.5 Å². The van der Waals surface area contributed by atoms with Gasteiger partial charge in [0.25, 0.3) is 0 Å². The molecule has 1 fully saturated rings. The van der Waals surface area contributed by atoms with Crippen molar-refractivity contribution in [2.75, 3.05) is 31.2 Å². The summed E-state index contributed by atoms with van der Waals surface area (Å²) >= 11 is 1.40. The molecule has 1 saturated heterocycles. The number of rotatable bonds is 6. The third-order valence-electron chi connectivity index (χ3n) is 3.08. The first kappa shape index (κ1) is 16.3. The van der Waals surface area contributed by atoms with Crippen molar-refractivity contribution >= 4 is 23.6 Å². The van der Waals surface area contributed by atoms with Crippen LogP contribution < -0.4 is 5.73 Å². The van der Waals surface area contributed by atoms with Gasteiger partial charge in [0.1, 0.15) is 5.54 Å². The van der Waals surface area contributed by atoms with Crippen molar-refractivity contribution in [2.24, 2.45) is 5.73 Å². The molecule has 5 nitrogen and oxygen atoms in total. The van der Waals surface area contributed by atoms with Crippen LogP contribution in [0.5, 0.6) is 0 Å². The van der Waals surface area contributed by atoms with Crippen molar-refractivity contribution in [1.82, 2.24) is 4.90 Å². The normalized spacial score (nSPS) is 18.8. The average Bonchev–Trinajstić information content (AvgIpc) is 2.39. The van der Waals surface area contributed by atoms with Crippen LogP contribution in [-0.4, -0.2) is 53.5 Å². The van der Waals surface area contributed by atoms with E-state index in [1.807, 2.05) is 4.90 Å². The Bertz CT molecular complexity index is 315. The van der Waals surface area contributed by atoms with Gasteiger partial charge in [-0.25, -0.2) is 0 Å². The van der Waals surface area contributed by atoms with Crippen LogP contribution in [0.1, 0.15) is 33.1 Å². The summed E-state index contributed by atoms with van der Waals surface area (Å²) in [6.07, 6.45) is 3.39. The molecule has 1 atom stereocenters. The van der Waals surface area contributed by atoms with E-state index in [-0.39, 0.29) is 5.91 Å². The van der Waals surface area contributed by atoms with Crippen LogP contribution in [0.15, 0.2) is 0 Å². The number of hydrogen-bond acceptors (Lipinski definition) is 5. The van der Waals surface area contributed by atoms with E-state index in [9.17, 15) is 9.59 Å². The highest BCUT2D eigenvalue weighted by atomic mass is 32.2. The number of hydrogen-bond donors (Lipinski definition) is 1. The molecule has 19 heavy (non-hydrogen) atoms. The molecule has 6 heteroatoms. The lowest BCUT2D eigenvalue weighted by molar-refractivity contribution is -0.148. The Kier molecular flexibility index (Phi) is 6.65. The van der Waals surface area contributed by atoms with E-state index < -0.39 is 11.5 Å². The standard InChI is InChI=1S/C13H24N2O3S/c1-3-18-12(17)13(2,14)10-19-9-11(16)15-7-5-4-6-8-15/h3-10,14H2,1-2H3. The lowest BCUT2D eigenvalue weighted by atomic mass is 10.1. The molecule has 1 unspecified atom stereocenters. The number of nitrogens with two attached hydrogens (primary N) is 1. The molecule has 1 amide bonds. The molecular formula is C13H24N2O3S. The van der Waals surface area contributed by atoms with E-state index in [0.29, 0.717) is 18.1 Å². The van der Waals surface area contributed by atoms with Gasteiger partial charge in [-0.3, -0.25) is 9.59 Å². The van der Waals surface area contributed by atoms with Crippen LogP contribution in [0.2, 0.25) is 0 Å². The Morgan fingerprint density at radius 3 is 2.53 bits per heavy atom. The largest absolute Gasteiger partial charge is 0.465 e. The summed E-state index contributed by atoms with van der Waals surface area (Å²) in [4.78, 5) is 25.4. The van der Waals surface area contributed by atoms with Crippen molar-refractivity contribution < 1.29 is 14.3 Å². The predicted molar refractivity (Wildman–Crippen MR) is 77.0 cm³/mol. The zero-order valence-corrected chi connectivity index (χ0v) is 12.6. The predicted octanol–water partition coefficient (Wildman–Crippen LogP) is 1.01. The number of ether oxygens (including phenoxy) is 1. The second-order valence-electron chi connectivity index (χ2n) is 5.07. The summed E-state index contributed by atoms with van der Waals surface area (Å²) in [5, 5.41) is 0. The number of amides is 1. The van der Waals surface area contributed by atoms with Crippen LogP contribution in [0.4, 0.5) is 0 Å². The molecule has 1 aliphatic rings. The number of thioether (sulfide) groups is 1. The minimum Gasteiger partial charge on any atom is -0.465 e. The fraction of sp³-hybridized carbons (Fsp3) is 0.846. The third kappa shape index (κ3) is 5.40. The van der Waals surface area contributed by atoms with Gasteiger partial charge in [0, 0.05) is 18.8 Å². The fourth-order valence-corrected chi connectivity index (χ4v) is 2.94. The minimum atomic E-state index is -1.02. The molecular weight excluding hydrogens is 264 g/mol. The van der Waals surface area contributed by atoms with Crippen molar-refractivity contribution in [3.8, 4) is 0 Å². The Hall–Kier alpha value is -0.750. The van der Waals surface area contributed by atoms with E-state index >= 15 is 0 Å². The van der Waals surface area contributed by atoms with Gasteiger partial charge >= 0.3 is 5.97 Å². The van der Waals surface area contributed by atoms with Crippen molar-refractivity contribution in [1.29, 1.82) is 0 Å². The molecule has 0 radical (unpaired) electrons. The Morgan fingerprint density at radius 1 is 1.32 bits per heavy atom. The van der Waals surface area contributed by atoms with Gasteiger partial charge in [0.15, 0.2) is 0 Å². The molecule has 2 N–H and O–H groups in total. The fourth-order valence-electron chi connectivity index (χ4n) is 1.94. The summed E-state index contributed by atoms with van der Waals surface area (Å²) in [6, 6.07) is 0. The zero-order chi connectivity index (χ0) is 14.3. The summed E-state index contributed by atoms with van der Waals surface area (Å²) in [5.74, 6) is 0.509. The first-order valence-corrected chi connectivity index (χ1v) is 7.94. The van der Waals surface area contributed by atoms with Crippen molar-refractivity contribution in [2.45, 2.75) is 38.6 Å². The van der Waals surface area contributed by atoms with Crippen LogP contribution in [0, 0.1) is 0 Å². The number of esters is 1. The number of nitrogens with zero attached hydrogens (tertiary/aromatic N) is 1. The molecule has 0 bridgehead atoms. The molecule has 0 aromatic heterocycles. The maximum Gasteiger partial charge on any atom is 0.326 e. The van der Waals surface area contributed by atoms with Gasteiger partial charge in [-0.15, -0.1) is 11.8 Å². The number of carbonyl (C=O) groups excluding carboxylic acids is 2. The van der Waals surface area contributed by atoms with E-state index in [2.05, 4.69) is 0 Å². The highest BCUT2D eigenvalue weighted by Crippen LogP contribution is 2.15. The molecule has 0 saturated carbocycles. The average molecular weight is 288 g/mol. The number of carbonyl (C=O) groups is 2. The maximum atomic E-state index is 11.9. The molecule has 0 aromatic carbocycles. The molecule has 110 valence electrons. The van der Waals surface area contributed by atoms with E-state index in [1.54, 1.807) is 13.8 Å². The van der Waals surface area contributed by atoms with Crippen LogP contribution in [-0.2, 0) is 14.3 Å². The van der Waals surface area contributed by atoms with Gasteiger partial charge in [0.2, 0.25) is 5.91 Å². The Balaban J connectivity index is 2.28. The monoisotopic (exact) mass is 288 g/mol. The molecule has 1 rings (SSSR count). The minimum absolute atomic E-state index is 0.143. The summed E-state index contributed by atoms with van der Waals surface area (Å²) < 4.78 is 4.91. The van der Waals surface area contributed by atoms with Crippen LogP contribution in [0.25, 0.3) is 0 Å². The van der Waals surface area contributed by atoms with Crippen molar-refractivity contribution in [3.05, 3.63) is 0 Å². The maximum absolute atomic E-state index is 11.9. The summed E-state index contributed by atoms with van der Waals surface area (Å²) in [7, 11) is 0. The Morgan fingerprint density at radius 2 is 1.95 bits per heavy atom. The first-order chi connectivity index (χ1) is 8.97. The van der Waals surface area contributed by atoms with Gasteiger partial charge in [-0.2, -0.15) is 0 Å². The van der Waals surface area contributed by atoms with Crippen LogP contribution in [0.3, 0.4) is 0 Å². The second kappa shape index (κ2) is 7.75. The van der Waals surface area contributed by atoms with Gasteiger partial charge in [0.05, 0.1) is 12.4 Å². The summed E-state index contributed by atoms with van der Waals surface area (Å²) in [5.41, 5.74) is 4.87. The molecule has 0 aliphatic carbocycles. The SMILES string of the molecule is CCOC(=O)C(C)(N)CSCC(=O)N1CCCCC1. The summed E-state index contributed by atoms with van der Waals surface area (Å²) in [6.45, 7) is 5.43. The topological polar surface area (TPSA) is 72.6 Å². The number of likely N-dealkylation sites (tertiary alicyclic amines) is 1. The van der Waals surface area contributed by atoms with Gasteiger partial charge in [-0.1, -0.05) is 0 Å². The highest BCUT2D eigenvalue weighted by Gasteiger charge is 2.30. The second-order valence-corrected chi connectivity index (χ2v) is 6.06.